The molecule has 0 atom stereocenters. The van der Waals surface area contributed by atoms with Crippen LogP contribution in [0.2, 0.25) is 10.0 Å². The van der Waals surface area contributed by atoms with Crippen LogP contribution in [0.3, 0.4) is 0 Å². The Morgan fingerprint density at radius 3 is 2.48 bits per heavy atom. The van der Waals surface area contributed by atoms with Gasteiger partial charge in [-0.05, 0) is 29.8 Å². The third-order valence-electron chi connectivity index (χ3n) is 2.86. The highest BCUT2D eigenvalue weighted by Gasteiger charge is 2.08. The second-order valence-corrected chi connectivity index (χ2v) is 5.97. The lowest BCUT2D eigenvalue weighted by Crippen LogP contribution is -2.01. The van der Waals surface area contributed by atoms with E-state index in [1.165, 1.54) is 7.11 Å². The Kier molecular flexibility index (Phi) is 5.35. The van der Waals surface area contributed by atoms with Gasteiger partial charge in [-0.3, -0.25) is 0 Å². The second kappa shape index (κ2) is 7.04. The fourth-order valence-electron chi connectivity index (χ4n) is 1.85. The van der Waals surface area contributed by atoms with E-state index < -0.39 is 0 Å². The summed E-state index contributed by atoms with van der Waals surface area (Å²) in [5, 5.41) is 13.3. The summed E-state index contributed by atoms with van der Waals surface area (Å²) in [6.07, 6.45) is 0. The largest absolute Gasteiger partial charge is 0.495 e. The van der Waals surface area contributed by atoms with Crippen molar-refractivity contribution in [2.75, 3.05) is 12.4 Å². The zero-order chi connectivity index (χ0) is 15.4. The van der Waals surface area contributed by atoms with E-state index in [0.29, 0.717) is 33.6 Å². The van der Waals surface area contributed by atoms with Crippen LogP contribution in [0.15, 0.2) is 34.8 Å². The molecule has 2 aromatic carbocycles. The molecule has 2 aromatic rings. The van der Waals surface area contributed by atoms with Crippen LogP contribution in [-0.2, 0) is 6.54 Å². The highest BCUT2D eigenvalue weighted by molar-refractivity contribution is 9.10. The van der Waals surface area contributed by atoms with Crippen molar-refractivity contribution in [1.82, 2.24) is 0 Å². The van der Waals surface area contributed by atoms with Gasteiger partial charge >= 0.3 is 0 Å². The SMILES string of the molecule is COc1ccc(CNc2c(Cl)cc(Br)cc2Cl)cc1C#N. The first kappa shape index (κ1) is 16.0. The summed E-state index contributed by atoms with van der Waals surface area (Å²) in [5.74, 6) is 0.556. The van der Waals surface area contributed by atoms with Crippen molar-refractivity contribution in [2.45, 2.75) is 6.54 Å². The Balaban J connectivity index is 2.19. The average Bonchev–Trinajstić information content (AvgIpc) is 2.45. The van der Waals surface area contributed by atoms with E-state index in [1.807, 2.05) is 6.07 Å². The van der Waals surface area contributed by atoms with Crippen LogP contribution < -0.4 is 10.1 Å². The van der Waals surface area contributed by atoms with Crippen molar-refractivity contribution in [1.29, 1.82) is 5.26 Å². The van der Waals surface area contributed by atoms with E-state index >= 15 is 0 Å². The summed E-state index contributed by atoms with van der Waals surface area (Å²) >= 11 is 15.6. The molecule has 0 saturated heterocycles. The fourth-order valence-corrected chi connectivity index (χ4v) is 3.20. The predicted octanol–water partition coefficient (Wildman–Crippen LogP) is 5.25. The molecule has 0 unspecified atom stereocenters. The number of rotatable bonds is 4. The maximum absolute atomic E-state index is 9.08. The molecule has 6 heteroatoms. The van der Waals surface area contributed by atoms with Crippen molar-refractivity contribution in [3.05, 3.63) is 56.0 Å². The molecule has 0 radical (unpaired) electrons. The van der Waals surface area contributed by atoms with Crippen molar-refractivity contribution in [2.24, 2.45) is 0 Å². The normalized spacial score (nSPS) is 10.0. The van der Waals surface area contributed by atoms with Crippen molar-refractivity contribution in [3.63, 3.8) is 0 Å². The second-order valence-electron chi connectivity index (χ2n) is 4.24. The first-order valence-corrected chi connectivity index (χ1v) is 7.55. The monoisotopic (exact) mass is 384 g/mol. The third kappa shape index (κ3) is 3.82. The minimum Gasteiger partial charge on any atom is -0.495 e. The number of benzene rings is 2. The minimum atomic E-state index is 0.491. The van der Waals surface area contributed by atoms with Crippen LogP contribution >= 0.6 is 39.1 Å². The fraction of sp³-hybridized carbons (Fsp3) is 0.133. The Hall–Kier alpha value is -1.41. The van der Waals surface area contributed by atoms with Gasteiger partial charge < -0.3 is 10.1 Å². The number of nitrogens with one attached hydrogen (secondary N) is 1. The van der Waals surface area contributed by atoms with Gasteiger partial charge in [0.25, 0.3) is 0 Å². The molecule has 0 bridgehead atoms. The summed E-state index contributed by atoms with van der Waals surface area (Å²) in [4.78, 5) is 0. The van der Waals surface area contributed by atoms with Gasteiger partial charge in [0.05, 0.1) is 28.4 Å². The number of methoxy groups -OCH3 is 1. The first-order valence-electron chi connectivity index (χ1n) is 6.00. The standard InChI is InChI=1S/C15H11BrCl2N2O/c1-21-14-3-2-9(4-10(14)7-19)8-20-15-12(17)5-11(16)6-13(15)18/h2-6,20H,8H2,1H3. The molecule has 0 aromatic heterocycles. The van der Waals surface area contributed by atoms with Gasteiger partial charge in [-0.25, -0.2) is 0 Å². The molecular weight excluding hydrogens is 375 g/mol. The van der Waals surface area contributed by atoms with Crippen LogP contribution in [0.1, 0.15) is 11.1 Å². The Morgan fingerprint density at radius 2 is 1.90 bits per heavy atom. The van der Waals surface area contributed by atoms with E-state index in [-0.39, 0.29) is 0 Å². The van der Waals surface area contributed by atoms with E-state index in [9.17, 15) is 0 Å². The molecule has 108 valence electrons. The van der Waals surface area contributed by atoms with Crippen LogP contribution in [0.5, 0.6) is 5.75 Å². The number of hydrogen-bond acceptors (Lipinski definition) is 3. The number of anilines is 1. The predicted molar refractivity (Wildman–Crippen MR) is 89.2 cm³/mol. The Labute approximate surface area is 141 Å². The number of halogens is 3. The molecule has 0 fully saturated rings. The molecule has 3 nitrogen and oxygen atoms in total. The van der Waals surface area contributed by atoms with Gasteiger partial charge in [0.2, 0.25) is 0 Å². The van der Waals surface area contributed by atoms with Gasteiger partial charge in [-0.2, -0.15) is 5.26 Å². The van der Waals surface area contributed by atoms with Gasteiger partial charge in [0.1, 0.15) is 11.8 Å². The molecule has 0 aliphatic heterocycles. The molecule has 0 heterocycles. The van der Waals surface area contributed by atoms with Crippen LogP contribution in [0, 0.1) is 11.3 Å². The van der Waals surface area contributed by atoms with E-state index in [2.05, 4.69) is 27.3 Å². The lowest BCUT2D eigenvalue weighted by molar-refractivity contribution is 0.413. The molecule has 0 saturated carbocycles. The van der Waals surface area contributed by atoms with Crippen molar-refractivity contribution < 1.29 is 4.74 Å². The molecule has 2 rings (SSSR count). The lowest BCUT2D eigenvalue weighted by atomic mass is 10.1. The number of nitrogens with zero attached hydrogens (tertiary/aromatic N) is 1. The number of nitriles is 1. The highest BCUT2D eigenvalue weighted by atomic mass is 79.9. The summed E-state index contributed by atoms with van der Waals surface area (Å²) in [6.45, 7) is 0.500. The minimum absolute atomic E-state index is 0.491. The third-order valence-corrected chi connectivity index (χ3v) is 3.91. The lowest BCUT2D eigenvalue weighted by Gasteiger charge is -2.12. The molecule has 0 amide bonds. The smallest absolute Gasteiger partial charge is 0.136 e. The van der Waals surface area contributed by atoms with Crippen LogP contribution in [0.25, 0.3) is 0 Å². The molecule has 0 aliphatic rings. The zero-order valence-corrected chi connectivity index (χ0v) is 14.2. The average molecular weight is 386 g/mol. The highest BCUT2D eigenvalue weighted by Crippen LogP contribution is 2.34. The van der Waals surface area contributed by atoms with Crippen molar-refractivity contribution >= 4 is 44.8 Å². The molecule has 21 heavy (non-hydrogen) atoms. The van der Waals surface area contributed by atoms with E-state index in [4.69, 9.17) is 33.2 Å². The van der Waals surface area contributed by atoms with Gasteiger partial charge in [0, 0.05) is 11.0 Å². The maximum atomic E-state index is 9.08. The topological polar surface area (TPSA) is 45.0 Å². The zero-order valence-electron chi connectivity index (χ0n) is 11.1. The summed E-state index contributed by atoms with van der Waals surface area (Å²) < 4.78 is 5.93. The van der Waals surface area contributed by atoms with Crippen LogP contribution in [-0.4, -0.2) is 7.11 Å². The Morgan fingerprint density at radius 1 is 1.24 bits per heavy atom. The van der Waals surface area contributed by atoms with Gasteiger partial charge in [-0.15, -0.1) is 0 Å². The maximum Gasteiger partial charge on any atom is 0.136 e. The molecule has 1 N–H and O–H groups in total. The molecular formula is C15H11BrCl2N2O. The quantitative estimate of drug-likeness (QED) is 0.781. The number of hydrogen-bond donors (Lipinski definition) is 1. The molecule has 0 aliphatic carbocycles. The van der Waals surface area contributed by atoms with Crippen LogP contribution in [0.4, 0.5) is 5.69 Å². The van der Waals surface area contributed by atoms with E-state index in [0.717, 1.165) is 10.0 Å². The summed E-state index contributed by atoms with van der Waals surface area (Å²) in [5.41, 5.74) is 2.09. The van der Waals surface area contributed by atoms with E-state index in [1.54, 1.807) is 24.3 Å². The molecule has 0 spiro atoms. The van der Waals surface area contributed by atoms with Gasteiger partial charge in [-0.1, -0.05) is 45.2 Å². The summed E-state index contributed by atoms with van der Waals surface area (Å²) in [6, 6.07) is 11.1. The summed E-state index contributed by atoms with van der Waals surface area (Å²) in [7, 11) is 1.54. The Bertz CT molecular complexity index is 690. The first-order chi connectivity index (χ1) is 10.0. The van der Waals surface area contributed by atoms with Gasteiger partial charge in [0.15, 0.2) is 0 Å². The number of ether oxygens (including phenoxy) is 1. The van der Waals surface area contributed by atoms with Crippen molar-refractivity contribution in [3.8, 4) is 11.8 Å².